The maximum Gasteiger partial charge on any atom is 0.0653 e. The summed E-state index contributed by atoms with van der Waals surface area (Å²) in [6.45, 7) is 6.99. The molecule has 1 unspecified atom stereocenters. The minimum Gasteiger partial charge on any atom is -0.380 e. The van der Waals surface area contributed by atoms with Gasteiger partial charge >= 0.3 is 0 Å². The third-order valence-electron chi connectivity index (χ3n) is 0.962. The molecular formula is C7H15NO. The van der Waals surface area contributed by atoms with Crippen molar-refractivity contribution in [2.45, 2.75) is 19.4 Å². The monoisotopic (exact) mass is 129 g/mol. The molecule has 9 heavy (non-hydrogen) atoms. The van der Waals surface area contributed by atoms with Crippen molar-refractivity contribution in [1.29, 1.82) is 0 Å². The Bertz CT molecular complexity index is 73.3. The molecule has 0 bridgehead atoms. The third-order valence-corrected chi connectivity index (χ3v) is 0.962. The summed E-state index contributed by atoms with van der Waals surface area (Å²) in [4.78, 5) is 0. The molecule has 0 saturated heterocycles. The van der Waals surface area contributed by atoms with E-state index in [1.54, 1.807) is 6.08 Å². The molecule has 54 valence electrons. The van der Waals surface area contributed by atoms with E-state index in [2.05, 4.69) is 13.5 Å². The summed E-state index contributed by atoms with van der Waals surface area (Å²) < 4.78 is 5.14. The van der Waals surface area contributed by atoms with Crippen LogP contribution in [0.5, 0.6) is 0 Å². The van der Waals surface area contributed by atoms with E-state index in [4.69, 9.17) is 10.5 Å². The van der Waals surface area contributed by atoms with Crippen LogP contribution >= 0.6 is 0 Å². The topological polar surface area (TPSA) is 35.2 Å². The molecule has 0 fully saturated rings. The van der Waals surface area contributed by atoms with Gasteiger partial charge in [0, 0.05) is 12.6 Å². The van der Waals surface area contributed by atoms with Crippen LogP contribution in [0.15, 0.2) is 12.7 Å². The second-order valence-corrected chi connectivity index (χ2v) is 1.97. The molecule has 0 aliphatic carbocycles. The van der Waals surface area contributed by atoms with E-state index >= 15 is 0 Å². The normalized spacial score (nSPS) is 13.1. The fourth-order valence-electron chi connectivity index (χ4n) is 0.432. The van der Waals surface area contributed by atoms with Crippen LogP contribution in [0.3, 0.4) is 0 Å². The first-order chi connectivity index (χ1) is 4.31. The fraction of sp³-hybridized carbons (Fsp3) is 0.714. The molecule has 0 radical (unpaired) electrons. The SMILES string of the molecule is C=CC(N)COCCC. The first-order valence-corrected chi connectivity index (χ1v) is 3.27. The summed E-state index contributed by atoms with van der Waals surface area (Å²) >= 11 is 0. The minimum atomic E-state index is -0.00319. The van der Waals surface area contributed by atoms with Crippen molar-refractivity contribution < 1.29 is 4.74 Å². The molecule has 0 aromatic carbocycles. The van der Waals surface area contributed by atoms with E-state index in [0.717, 1.165) is 13.0 Å². The Hall–Kier alpha value is -0.340. The molecule has 1 atom stereocenters. The lowest BCUT2D eigenvalue weighted by Gasteiger charge is -2.04. The van der Waals surface area contributed by atoms with Gasteiger partial charge in [0.2, 0.25) is 0 Å². The maximum absolute atomic E-state index is 5.47. The van der Waals surface area contributed by atoms with Crippen molar-refractivity contribution in [2.75, 3.05) is 13.2 Å². The molecule has 0 rings (SSSR count). The van der Waals surface area contributed by atoms with Gasteiger partial charge in [0.25, 0.3) is 0 Å². The van der Waals surface area contributed by atoms with Gasteiger partial charge in [-0.05, 0) is 6.42 Å². The molecule has 0 spiro atoms. The highest BCUT2D eigenvalue weighted by Crippen LogP contribution is 1.84. The Kier molecular flexibility index (Phi) is 5.57. The Morgan fingerprint density at radius 1 is 1.78 bits per heavy atom. The largest absolute Gasteiger partial charge is 0.380 e. The van der Waals surface area contributed by atoms with Gasteiger partial charge in [0.15, 0.2) is 0 Å². The fourth-order valence-corrected chi connectivity index (χ4v) is 0.432. The van der Waals surface area contributed by atoms with E-state index in [0.29, 0.717) is 6.61 Å². The molecule has 2 heteroatoms. The predicted octanol–water partition coefficient (Wildman–Crippen LogP) is 0.926. The van der Waals surface area contributed by atoms with Crippen LogP contribution in [0.2, 0.25) is 0 Å². The second-order valence-electron chi connectivity index (χ2n) is 1.97. The van der Waals surface area contributed by atoms with Gasteiger partial charge in [-0.2, -0.15) is 0 Å². The lowest BCUT2D eigenvalue weighted by molar-refractivity contribution is 0.130. The average molecular weight is 129 g/mol. The van der Waals surface area contributed by atoms with Crippen LogP contribution in [0.4, 0.5) is 0 Å². The Morgan fingerprint density at radius 3 is 2.89 bits per heavy atom. The van der Waals surface area contributed by atoms with Gasteiger partial charge in [0.1, 0.15) is 0 Å². The van der Waals surface area contributed by atoms with E-state index in [1.807, 2.05) is 0 Å². The number of nitrogens with two attached hydrogens (primary N) is 1. The molecule has 0 aliphatic rings. The van der Waals surface area contributed by atoms with Crippen molar-refractivity contribution in [3.05, 3.63) is 12.7 Å². The quantitative estimate of drug-likeness (QED) is 0.442. The summed E-state index contributed by atoms with van der Waals surface area (Å²) in [5.74, 6) is 0. The average Bonchev–Trinajstić information content (AvgIpc) is 1.89. The van der Waals surface area contributed by atoms with Gasteiger partial charge in [-0.3, -0.25) is 0 Å². The highest BCUT2D eigenvalue weighted by molar-refractivity contribution is 4.81. The summed E-state index contributed by atoms with van der Waals surface area (Å²) in [7, 11) is 0. The summed E-state index contributed by atoms with van der Waals surface area (Å²) in [5, 5.41) is 0. The lowest BCUT2D eigenvalue weighted by atomic mass is 10.3. The van der Waals surface area contributed by atoms with Gasteiger partial charge in [-0.15, -0.1) is 6.58 Å². The lowest BCUT2D eigenvalue weighted by Crippen LogP contribution is -2.23. The molecule has 0 aliphatic heterocycles. The number of rotatable bonds is 5. The van der Waals surface area contributed by atoms with Gasteiger partial charge in [0.05, 0.1) is 6.61 Å². The standard InChI is InChI=1S/C7H15NO/c1-3-5-9-6-7(8)4-2/h4,7H,2-3,5-6,8H2,1H3. The van der Waals surface area contributed by atoms with Gasteiger partial charge in [-0.25, -0.2) is 0 Å². The van der Waals surface area contributed by atoms with E-state index in [9.17, 15) is 0 Å². The van der Waals surface area contributed by atoms with E-state index in [1.165, 1.54) is 0 Å². The van der Waals surface area contributed by atoms with Crippen molar-refractivity contribution in [1.82, 2.24) is 0 Å². The molecule has 2 nitrogen and oxygen atoms in total. The molecule has 0 aromatic rings. The van der Waals surface area contributed by atoms with Crippen molar-refractivity contribution >= 4 is 0 Å². The minimum absolute atomic E-state index is 0.00319. The number of hydrogen-bond donors (Lipinski definition) is 1. The van der Waals surface area contributed by atoms with Crippen molar-refractivity contribution in [2.24, 2.45) is 5.73 Å². The molecule has 0 heterocycles. The first-order valence-electron chi connectivity index (χ1n) is 3.27. The second kappa shape index (κ2) is 5.79. The highest BCUT2D eigenvalue weighted by Gasteiger charge is 1.92. The van der Waals surface area contributed by atoms with E-state index < -0.39 is 0 Å². The van der Waals surface area contributed by atoms with Gasteiger partial charge < -0.3 is 10.5 Å². The van der Waals surface area contributed by atoms with Gasteiger partial charge in [-0.1, -0.05) is 13.0 Å². The first kappa shape index (κ1) is 8.66. The third kappa shape index (κ3) is 5.53. The maximum atomic E-state index is 5.47. The number of ether oxygens (including phenoxy) is 1. The zero-order chi connectivity index (χ0) is 7.11. The van der Waals surface area contributed by atoms with Crippen LogP contribution in [0, 0.1) is 0 Å². The zero-order valence-electron chi connectivity index (χ0n) is 5.97. The van der Waals surface area contributed by atoms with Crippen LogP contribution in [0.1, 0.15) is 13.3 Å². The van der Waals surface area contributed by atoms with Crippen molar-refractivity contribution in [3.63, 3.8) is 0 Å². The molecule has 0 aromatic heterocycles. The zero-order valence-corrected chi connectivity index (χ0v) is 5.97. The molecule has 0 amide bonds. The van der Waals surface area contributed by atoms with Crippen LogP contribution in [0.25, 0.3) is 0 Å². The van der Waals surface area contributed by atoms with E-state index in [-0.39, 0.29) is 6.04 Å². The Morgan fingerprint density at radius 2 is 2.44 bits per heavy atom. The summed E-state index contributed by atoms with van der Waals surface area (Å²) in [5.41, 5.74) is 5.47. The molecule has 0 saturated carbocycles. The summed E-state index contributed by atoms with van der Waals surface area (Å²) in [6.07, 6.45) is 2.74. The Labute approximate surface area is 56.7 Å². The van der Waals surface area contributed by atoms with Crippen LogP contribution in [-0.2, 0) is 4.74 Å². The van der Waals surface area contributed by atoms with Crippen LogP contribution < -0.4 is 5.73 Å². The Balaban J connectivity index is 2.96. The predicted molar refractivity (Wildman–Crippen MR) is 39.3 cm³/mol. The number of hydrogen-bond acceptors (Lipinski definition) is 2. The van der Waals surface area contributed by atoms with Crippen molar-refractivity contribution in [3.8, 4) is 0 Å². The highest BCUT2D eigenvalue weighted by atomic mass is 16.5. The molecule has 2 N–H and O–H groups in total. The molecular weight excluding hydrogens is 114 g/mol. The van der Waals surface area contributed by atoms with Crippen LogP contribution in [-0.4, -0.2) is 19.3 Å². The summed E-state index contributed by atoms with van der Waals surface area (Å²) in [6, 6.07) is -0.00319. The smallest absolute Gasteiger partial charge is 0.0653 e.